The van der Waals surface area contributed by atoms with Gasteiger partial charge in [-0.2, -0.15) is 0 Å². The van der Waals surface area contributed by atoms with Crippen molar-refractivity contribution >= 4 is 11.2 Å². The van der Waals surface area contributed by atoms with E-state index in [0.29, 0.717) is 34.0 Å². The van der Waals surface area contributed by atoms with Crippen LogP contribution in [-0.2, 0) is 0 Å². The second-order valence-electron chi connectivity index (χ2n) is 5.56. The zero-order valence-electron chi connectivity index (χ0n) is 13.7. The molecule has 0 aliphatic rings. The fourth-order valence-electron chi connectivity index (χ4n) is 2.69. The molecule has 0 atom stereocenters. The lowest BCUT2D eigenvalue weighted by atomic mass is 10.0. The van der Waals surface area contributed by atoms with Gasteiger partial charge < -0.3 is 9.72 Å². The second-order valence-corrected chi connectivity index (χ2v) is 5.56. The molecule has 1 N–H and O–H groups in total. The lowest BCUT2D eigenvalue weighted by Gasteiger charge is -2.11. The summed E-state index contributed by atoms with van der Waals surface area (Å²) in [4.78, 5) is 28.2. The minimum atomic E-state index is -0.385. The molecule has 0 amide bonds. The monoisotopic (exact) mass is 348 g/mol. The molecule has 0 spiro atoms. The number of hydrogen-bond acceptors (Lipinski definition) is 5. The van der Waals surface area contributed by atoms with Gasteiger partial charge in [0.25, 0.3) is 0 Å². The minimum absolute atomic E-state index is 0.207. The summed E-state index contributed by atoms with van der Waals surface area (Å²) in [5.41, 5.74) is 2.40. The van der Waals surface area contributed by atoms with Crippen molar-refractivity contribution in [2.24, 2.45) is 0 Å². The van der Waals surface area contributed by atoms with E-state index in [-0.39, 0.29) is 16.8 Å². The number of nitrogens with one attached hydrogen (secondary N) is 1. The normalized spacial score (nSPS) is 10.8. The summed E-state index contributed by atoms with van der Waals surface area (Å²) in [6.45, 7) is 0. The van der Waals surface area contributed by atoms with Gasteiger partial charge in [0, 0.05) is 35.7 Å². The van der Waals surface area contributed by atoms with E-state index < -0.39 is 0 Å². The highest BCUT2D eigenvalue weighted by Gasteiger charge is 2.16. The maximum absolute atomic E-state index is 13.7. The molecule has 4 aromatic rings. The largest absolute Gasteiger partial charge is 0.481 e. The first-order chi connectivity index (χ1) is 12.7. The average molecular weight is 348 g/mol. The van der Waals surface area contributed by atoms with Crippen LogP contribution in [0.4, 0.5) is 4.39 Å². The highest BCUT2D eigenvalue weighted by atomic mass is 19.1. The van der Waals surface area contributed by atoms with E-state index in [4.69, 9.17) is 4.74 Å². The van der Waals surface area contributed by atoms with Crippen molar-refractivity contribution in [3.8, 4) is 28.4 Å². The van der Waals surface area contributed by atoms with Crippen LogP contribution in [0.3, 0.4) is 0 Å². The van der Waals surface area contributed by atoms with Crippen molar-refractivity contribution in [1.29, 1.82) is 0 Å². The lowest BCUT2D eigenvalue weighted by molar-refractivity contribution is 0.398. The first-order valence-corrected chi connectivity index (χ1v) is 7.81. The minimum Gasteiger partial charge on any atom is -0.481 e. The summed E-state index contributed by atoms with van der Waals surface area (Å²) in [6.07, 6.45) is 3.08. The molecule has 0 saturated carbocycles. The first-order valence-electron chi connectivity index (χ1n) is 7.81. The number of fused-ring (bicyclic) bond motifs is 1. The molecule has 0 aliphatic carbocycles. The number of aromatic nitrogens is 4. The summed E-state index contributed by atoms with van der Waals surface area (Å²) in [6, 6.07) is 10.9. The maximum atomic E-state index is 13.7. The van der Waals surface area contributed by atoms with Crippen molar-refractivity contribution in [3.63, 3.8) is 0 Å². The van der Waals surface area contributed by atoms with Crippen LogP contribution in [0.2, 0.25) is 0 Å². The number of hydrogen-bond donors (Lipinski definition) is 1. The van der Waals surface area contributed by atoms with Crippen molar-refractivity contribution in [3.05, 3.63) is 70.9 Å². The zero-order chi connectivity index (χ0) is 18.1. The molecule has 1 aromatic carbocycles. The van der Waals surface area contributed by atoms with E-state index >= 15 is 0 Å². The van der Waals surface area contributed by atoms with Crippen molar-refractivity contribution < 1.29 is 9.13 Å². The van der Waals surface area contributed by atoms with Gasteiger partial charge in [0.2, 0.25) is 11.3 Å². The molecule has 3 aromatic heterocycles. The molecule has 0 radical (unpaired) electrons. The van der Waals surface area contributed by atoms with Crippen molar-refractivity contribution in [2.75, 3.05) is 7.11 Å². The topological polar surface area (TPSA) is 80.8 Å². The van der Waals surface area contributed by atoms with Gasteiger partial charge in [0.05, 0.1) is 18.5 Å². The Hall–Kier alpha value is -3.61. The van der Waals surface area contributed by atoms with Gasteiger partial charge in [-0.3, -0.25) is 4.79 Å². The summed E-state index contributed by atoms with van der Waals surface area (Å²) in [5, 5.41) is 0. The Morgan fingerprint density at radius 3 is 2.65 bits per heavy atom. The molecule has 0 aliphatic heterocycles. The summed E-state index contributed by atoms with van der Waals surface area (Å²) >= 11 is 0. The number of ether oxygens (including phenoxy) is 1. The fraction of sp³-hybridized carbons (Fsp3) is 0.0526. The summed E-state index contributed by atoms with van der Waals surface area (Å²) in [5.74, 6) is 0.0146. The number of halogens is 1. The molecule has 0 saturated heterocycles. The Balaban J connectivity index is 2.06. The van der Waals surface area contributed by atoms with Crippen LogP contribution in [0.15, 0.2) is 59.7 Å². The molecule has 26 heavy (non-hydrogen) atoms. The third-order valence-corrected chi connectivity index (χ3v) is 3.90. The molecule has 0 unspecified atom stereocenters. The highest BCUT2D eigenvalue weighted by Crippen LogP contribution is 2.31. The van der Waals surface area contributed by atoms with Gasteiger partial charge in [0.15, 0.2) is 11.2 Å². The number of methoxy groups -OCH3 is 1. The van der Waals surface area contributed by atoms with Crippen LogP contribution in [-0.4, -0.2) is 27.0 Å². The number of nitrogens with zero attached hydrogens (tertiary/aromatic N) is 3. The molecule has 128 valence electrons. The van der Waals surface area contributed by atoms with Gasteiger partial charge >= 0.3 is 0 Å². The smallest absolute Gasteiger partial charge is 0.213 e. The molecular formula is C19H13FN4O2. The molecule has 0 bridgehead atoms. The molecule has 7 heteroatoms. The van der Waals surface area contributed by atoms with Crippen LogP contribution in [0.25, 0.3) is 33.7 Å². The van der Waals surface area contributed by atoms with E-state index in [0.717, 1.165) is 0 Å². The Morgan fingerprint density at radius 2 is 1.85 bits per heavy atom. The van der Waals surface area contributed by atoms with E-state index in [9.17, 15) is 9.18 Å². The third-order valence-electron chi connectivity index (χ3n) is 3.90. The fourth-order valence-corrected chi connectivity index (χ4v) is 2.69. The molecule has 6 nitrogen and oxygen atoms in total. The predicted molar refractivity (Wildman–Crippen MR) is 95.3 cm³/mol. The van der Waals surface area contributed by atoms with Crippen LogP contribution >= 0.6 is 0 Å². The zero-order valence-corrected chi connectivity index (χ0v) is 13.7. The Labute approximate surface area is 147 Å². The van der Waals surface area contributed by atoms with E-state index in [1.807, 2.05) is 0 Å². The van der Waals surface area contributed by atoms with Crippen LogP contribution < -0.4 is 10.2 Å². The predicted octanol–water partition coefficient (Wildman–Crippen LogP) is 3.19. The molecule has 0 fully saturated rings. The quantitative estimate of drug-likeness (QED) is 0.615. The second kappa shape index (κ2) is 6.36. The number of aromatic amines is 1. The number of benzene rings is 1. The summed E-state index contributed by atoms with van der Waals surface area (Å²) in [7, 11) is 1.51. The Bertz CT molecular complexity index is 1170. The number of pyridine rings is 2. The van der Waals surface area contributed by atoms with E-state index in [2.05, 4.69) is 19.9 Å². The van der Waals surface area contributed by atoms with Crippen LogP contribution in [0.5, 0.6) is 5.88 Å². The Kier molecular flexibility index (Phi) is 3.89. The highest BCUT2D eigenvalue weighted by molar-refractivity contribution is 5.84. The van der Waals surface area contributed by atoms with Gasteiger partial charge in [-0.15, -0.1) is 0 Å². The summed E-state index contributed by atoms with van der Waals surface area (Å²) < 4.78 is 18.9. The SMILES string of the molecule is COc1cc(-c2nc3c(=O)cc[nH]c3nc2-c2cccc(F)c2)ccn1. The Morgan fingerprint density at radius 1 is 1.04 bits per heavy atom. The number of rotatable bonds is 3. The van der Waals surface area contributed by atoms with E-state index in [1.54, 1.807) is 30.5 Å². The first kappa shape index (κ1) is 15.9. The van der Waals surface area contributed by atoms with Crippen molar-refractivity contribution in [2.45, 2.75) is 0 Å². The van der Waals surface area contributed by atoms with Gasteiger partial charge in [-0.25, -0.2) is 19.3 Å². The average Bonchev–Trinajstić information content (AvgIpc) is 2.67. The van der Waals surface area contributed by atoms with Crippen LogP contribution in [0.1, 0.15) is 0 Å². The van der Waals surface area contributed by atoms with Crippen molar-refractivity contribution in [1.82, 2.24) is 19.9 Å². The van der Waals surface area contributed by atoms with E-state index in [1.165, 1.54) is 31.5 Å². The van der Waals surface area contributed by atoms with Crippen LogP contribution in [0, 0.1) is 5.82 Å². The molecule has 4 rings (SSSR count). The molecule has 3 heterocycles. The maximum Gasteiger partial charge on any atom is 0.213 e. The van der Waals surface area contributed by atoms with Gasteiger partial charge in [-0.1, -0.05) is 12.1 Å². The third kappa shape index (κ3) is 2.79. The standard InChI is InChI=1S/C19H13FN4O2/c1-26-15-10-12(5-7-21-15)16-17(11-3-2-4-13(20)9-11)24-19-18(23-16)14(25)6-8-22-19/h2-10H,1H3,(H,22,24,25). The lowest BCUT2D eigenvalue weighted by Crippen LogP contribution is -2.07. The number of H-pyrrole nitrogens is 1. The molecular weight excluding hydrogens is 335 g/mol. The van der Waals surface area contributed by atoms with Gasteiger partial charge in [0.1, 0.15) is 5.82 Å². The van der Waals surface area contributed by atoms with Gasteiger partial charge in [-0.05, 0) is 18.2 Å².